The number of nitrogens with zero attached hydrogens (tertiary/aromatic N) is 1. The van der Waals surface area contributed by atoms with E-state index in [1.165, 1.54) is 19.2 Å². The molecule has 0 fully saturated rings. The van der Waals surface area contributed by atoms with Crippen LogP contribution < -0.4 is 10.6 Å². The van der Waals surface area contributed by atoms with Gasteiger partial charge in [-0.15, -0.1) is 0 Å². The Labute approximate surface area is 132 Å². The molecular weight excluding hydrogens is 302 g/mol. The lowest BCUT2D eigenvalue weighted by molar-refractivity contribution is -0.121. The van der Waals surface area contributed by atoms with Gasteiger partial charge >= 0.3 is 0 Å². The van der Waals surface area contributed by atoms with Crippen LogP contribution in [0.1, 0.15) is 17.9 Å². The van der Waals surface area contributed by atoms with E-state index in [0.29, 0.717) is 10.6 Å². The maximum Gasteiger partial charge on any atom is 0.230 e. The second kappa shape index (κ2) is 7.00. The average molecular weight is 317 g/mol. The third-order valence-electron chi connectivity index (χ3n) is 3.28. The summed E-state index contributed by atoms with van der Waals surface area (Å²) >= 11 is 1.13. The van der Waals surface area contributed by atoms with Crippen LogP contribution >= 0.6 is 11.8 Å². The van der Waals surface area contributed by atoms with Crippen LogP contribution in [0.4, 0.5) is 0 Å². The average Bonchev–Trinajstić information content (AvgIpc) is 2.52. The van der Waals surface area contributed by atoms with Gasteiger partial charge < -0.3 is 15.7 Å². The number of carbonyl (C=O) groups excluding carboxylic acids is 2. The van der Waals surface area contributed by atoms with E-state index in [1.807, 2.05) is 0 Å². The third-order valence-corrected chi connectivity index (χ3v) is 4.30. The molecule has 1 unspecified atom stereocenters. The van der Waals surface area contributed by atoms with Crippen LogP contribution in [0.25, 0.3) is 0 Å². The van der Waals surface area contributed by atoms with Gasteiger partial charge in [0.1, 0.15) is 5.75 Å². The Kier molecular flexibility index (Phi) is 5.07. The number of nitrogens with one attached hydrogen (secondary N) is 2. The highest BCUT2D eigenvalue weighted by Gasteiger charge is 2.29. The molecule has 1 aliphatic heterocycles. The summed E-state index contributed by atoms with van der Waals surface area (Å²) in [4.78, 5) is 23.2. The lowest BCUT2D eigenvalue weighted by Crippen LogP contribution is -2.31. The topological polar surface area (TPSA) is 102 Å². The zero-order valence-electron chi connectivity index (χ0n) is 11.9. The van der Waals surface area contributed by atoms with Crippen molar-refractivity contribution < 1.29 is 14.7 Å². The predicted octanol–water partition coefficient (Wildman–Crippen LogP) is 1.21. The molecule has 0 bridgehead atoms. The van der Waals surface area contributed by atoms with Crippen LogP contribution in [-0.4, -0.2) is 29.7 Å². The lowest BCUT2D eigenvalue weighted by Gasteiger charge is -2.25. The van der Waals surface area contributed by atoms with Gasteiger partial charge in [0.05, 0.1) is 22.4 Å². The molecule has 1 aromatic rings. The van der Waals surface area contributed by atoms with Crippen molar-refractivity contribution in [3.8, 4) is 11.8 Å². The molecule has 2 rings (SSSR count). The molecule has 0 saturated heterocycles. The molecule has 0 aliphatic carbocycles. The minimum absolute atomic E-state index is 0.125. The number of aromatic hydroxyl groups is 1. The van der Waals surface area contributed by atoms with Crippen molar-refractivity contribution in [2.45, 2.75) is 12.3 Å². The van der Waals surface area contributed by atoms with Crippen molar-refractivity contribution in [1.82, 2.24) is 10.6 Å². The van der Waals surface area contributed by atoms with Gasteiger partial charge in [-0.3, -0.25) is 9.59 Å². The third kappa shape index (κ3) is 3.59. The van der Waals surface area contributed by atoms with Gasteiger partial charge in [-0.2, -0.15) is 5.26 Å². The van der Waals surface area contributed by atoms with Crippen molar-refractivity contribution in [3.05, 3.63) is 40.4 Å². The predicted molar refractivity (Wildman–Crippen MR) is 82.8 cm³/mol. The molecule has 7 heteroatoms. The number of carbonyl (C=O) groups is 2. The summed E-state index contributed by atoms with van der Waals surface area (Å²) in [6.45, 7) is 0. The summed E-state index contributed by atoms with van der Waals surface area (Å²) in [5.41, 5.74) is 1.21. The second-order valence-corrected chi connectivity index (χ2v) is 5.70. The summed E-state index contributed by atoms with van der Waals surface area (Å²) in [7, 11) is 1.53. The van der Waals surface area contributed by atoms with E-state index in [2.05, 4.69) is 16.7 Å². The minimum atomic E-state index is -0.369. The minimum Gasteiger partial charge on any atom is -0.508 e. The molecule has 22 heavy (non-hydrogen) atoms. The Balaban J connectivity index is 2.32. The molecule has 1 aromatic carbocycles. The fourth-order valence-electron chi connectivity index (χ4n) is 2.13. The molecule has 1 atom stereocenters. The van der Waals surface area contributed by atoms with Crippen LogP contribution in [-0.2, 0) is 9.59 Å². The molecule has 0 spiro atoms. The molecule has 1 heterocycles. The van der Waals surface area contributed by atoms with E-state index >= 15 is 0 Å². The van der Waals surface area contributed by atoms with E-state index in [0.717, 1.165) is 17.3 Å². The van der Waals surface area contributed by atoms with Crippen LogP contribution in [0.3, 0.4) is 0 Å². The first kappa shape index (κ1) is 15.9. The normalized spacial score (nSPS) is 17.6. The van der Waals surface area contributed by atoms with Gasteiger partial charge in [-0.25, -0.2) is 0 Å². The van der Waals surface area contributed by atoms with Crippen LogP contribution in [0, 0.1) is 11.3 Å². The Hall–Kier alpha value is -2.46. The smallest absolute Gasteiger partial charge is 0.230 e. The van der Waals surface area contributed by atoms with Gasteiger partial charge in [-0.05, 0) is 17.7 Å². The summed E-state index contributed by atoms with van der Waals surface area (Å²) in [6, 6.07) is 8.56. The fraction of sp³-hybridized carbons (Fsp3) is 0.267. The number of hydrogen-bond donors (Lipinski definition) is 3. The van der Waals surface area contributed by atoms with Crippen molar-refractivity contribution >= 4 is 23.6 Å². The van der Waals surface area contributed by atoms with Crippen molar-refractivity contribution in [3.63, 3.8) is 0 Å². The molecule has 6 nitrogen and oxygen atoms in total. The largest absolute Gasteiger partial charge is 0.508 e. The highest BCUT2D eigenvalue weighted by Crippen LogP contribution is 2.36. The van der Waals surface area contributed by atoms with Gasteiger partial charge in [0, 0.05) is 19.4 Å². The number of thioether (sulfide) groups is 1. The van der Waals surface area contributed by atoms with Crippen molar-refractivity contribution in [1.29, 1.82) is 5.26 Å². The molecular formula is C15H15N3O3S. The van der Waals surface area contributed by atoms with Gasteiger partial charge in [0.2, 0.25) is 11.8 Å². The zero-order chi connectivity index (χ0) is 16.1. The fourth-order valence-corrected chi connectivity index (χ4v) is 3.08. The Morgan fingerprint density at radius 3 is 2.77 bits per heavy atom. The molecule has 2 amide bonds. The number of phenols is 1. The second-order valence-electron chi connectivity index (χ2n) is 4.71. The quantitative estimate of drug-likeness (QED) is 0.774. The van der Waals surface area contributed by atoms with Crippen LogP contribution in [0.5, 0.6) is 5.75 Å². The SMILES string of the molecule is CNC(=O)CSC1=C(C#N)C(c2ccc(O)cc2)CC(=O)N1. The van der Waals surface area contributed by atoms with E-state index < -0.39 is 0 Å². The number of hydrogen-bond acceptors (Lipinski definition) is 5. The standard InChI is InChI=1S/C15H15N3O3S/c1-17-14(21)8-22-15-12(7-16)11(6-13(20)18-15)9-2-4-10(19)5-3-9/h2-5,11,19H,6,8H2,1H3,(H,17,21)(H,18,20). The summed E-state index contributed by atoms with van der Waals surface area (Å²) in [5, 5.41) is 24.4. The van der Waals surface area contributed by atoms with E-state index in [-0.39, 0.29) is 35.7 Å². The van der Waals surface area contributed by atoms with Gasteiger partial charge in [0.15, 0.2) is 0 Å². The van der Waals surface area contributed by atoms with Crippen molar-refractivity contribution in [2.24, 2.45) is 0 Å². The number of benzene rings is 1. The number of nitriles is 1. The zero-order valence-corrected chi connectivity index (χ0v) is 12.7. The highest BCUT2D eigenvalue weighted by molar-refractivity contribution is 8.03. The highest BCUT2D eigenvalue weighted by atomic mass is 32.2. The maximum absolute atomic E-state index is 11.9. The first-order chi connectivity index (χ1) is 10.5. The van der Waals surface area contributed by atoms with Gasteiger partial charge in [-0.1, -0.05) is 23.9 Å². The first-order valence-electron chi connectivity index (χ1n) is 6.61. The first-order valence-corrected chi connectivity index (χ1v) is 7.60. The lowest BCUT2D eigenvalue weighted by atomic mass is 9.87. The Morgan fingerprint density at radius 2 is 2.18 bits per heavy atom. The monoisotopic (exact) mass is 317 g/mol. The maximum atomic E-state index is 11.9. The number of allylic oxidation sites excluding steroid dienone is 1. The van der Waals surface area contributed by atoms with E-state index in [9.17, 15) is 20.0 Å². The van der Waals surface area contributed by atoms with Crippen LogP contribution in [0.2, 0.25) is 0 Å². The summed E-state index contributed by atoms with van der Waals surface area (Å²) in [6.07, 6.45) is 0.164. The van der Waals surface area contributed by atoms with Crippen molar-refractivity contribution in [2.75, 3.05) is 12.8 Å². The van der Waals surface area contributed by atoms with Crippen LogP contribution in [0.15, 0.2) is 34.9 Å². The van der Waals surface area contributed by atoms with E-state index in [1.54, 1.807) is 12.1 Å². The molecule has 3 N–H and O–H groups in total. The Bertz CT molecular complexity index is 662. The number of rotatable bonds is 4. The van der Waals surface area contributed by atoms with E-state index in [4.69, 9.17) is 0 Å². The Morgan fingerprint density at radius 1 is 1.50 bits per heavy atom. The molecule has 1 aliphatic rings. The molecule has 0 aromatic heterocycles. The molecule has 114 valence electrons. The summed E-state index contributed by atoms with van der Waals surface area (Å²) in [5.74, 6) is -0.501. The van der Waals surface area contributed by atoms with Gasteiger partial charge in [0.25, 0.3) is 0 Å². The number of phenolic OH excluding ortho intramolecular Hbond substituents is 1. The molecule has 0 saturated carbocycles. The number of amides is 2. The summed E-state index contributed by atoms with van der Waals surface area (Å²) < 4.78 is 0. The molecule has 0 radical (unpaired) electrons.